The third kappa shape index (κ3) is 4.47. The van der Waals surface area contributed by atoms with Crippen LogP contribution in [0.25, 0.3) is 0 Å². The molecule has 1 rings (SSSR count). The molecule has 0 fully saturated rings. The van der Waals surface area contributed by atoms with Gasteiger partial charge >= 0.3 is 0 Å². The van der Waals surface area contributed by atoms with Gasteiger partial charge in [0.15, 0.2) is 0 Å². The SMILES string of the molecule is CC(C)CCCc1ccc(Br)cc1. The molecule has 1 aromatic carbocycles. The lowest BCUT2D eigenvalue weighted by Gasteiger charge is -2.04. The van der Waals surface area contributed by atoms with Crippen LogP contribution in [0.1, 0.15) is 32.3 Å². The van der Waals surface area contributed by atoms with Crippen molar-refractivity contribution >= 4 is 15.9 Å². The van der Waals surface area contributed by atoms with Gasteiger partial charge in [0.25, 0.3) is 0 Å². The van der Waals surface area contributed by atoms with Crippen molar-refractivity contribution in [2.75, 3.05) is 0 Å². The molecule has 0 unspecified atom stereocenters. The average Bonchev–Trinajstić information content (AvgIpc) is 2.08. The van der Waals surface area contributed by atoms with E-state index in [9.17, 15) is 0 Å². The summed E-state index contributed by atoms with van der Waals surface area (Å²) in [7, 11) is 0. The highest BCUT2D eigenvalue weighted by atomic mass is 79.9. The molecule has 72 valence electrons. The first-order valence-corrected chi connectivity index (χ1v) is 5.72. The summed E-state index contributed by atoms with van der Waals surface area (Å²) in [6.45, 7) is 4.56. The Morgan fingerprint density at radius 1 is 1.15 bits per heavy atom. The van der Waals surface area contributed by atoms with Crippen LogP contribution in [0.15, 0.2) is 28.7 Å². The van der Waals surface area contributed by atoms with E-state index in [1.807, 2.05) is 0 Å². The summed E-state index contributed by atoms with van der Waals surface area (Å²) in [6.07, 6.45) is 3.85. The Balaban J connectivity index is 2.33. The summed E-state index contributed by atoms with van der Waals surface area (Å²) >= 11 is 3.44. The molecule has 1 heteroatoms. The minimum atomic E-state index is 0.829. The van der Waals surface area contributed by atoms with E-state index < -0.39 is 0 Å². The zero-order valence-electron chi connectivity index (χ0n) is 8.39. The van der Waals surface area contributed by atoms with Gasteiger partial charge in [0.1, 0.15) is 0 Å². The largest absolute Gasteiger partial charge is 0.0628 e. The molecular weight excluding hydrogens is 224 g/mol. The molecule has 0 radical (unpaired) electrons. The predicted molar refractivity (Wildman–Crippen MR) is 61.9 cm³/mol. The van der Waals surface area contributed by atoms with E-state index in [1.54, 1.807) is 0 Å². The van der Waals surface area contributed by atoms with Crippen molar-refractivity contribution in [3.05, 3.63) is 34.3 Å². The highest BCUT2D eigenvalue weighted by Gasteiger charge is 1.96. The number of aryl methyl sites for hydroxylation is 1. The summed E-state index contributed by atoms with van der Waals surface area (Å²) in [5.41, 5.74) is 1.45. The molecule has 0 spiro atoms. The minimum Gasteiger partial charge on any atom is -0.0628 e. The van der Waals surface area contributed by atoms with E-state index >= 15 is 0 Å². The molecule has 0 amide bonds. The highest BCUT2D eigenvalue weighted by Crippen LogP contribution is 2.13. The fourth-order valence-corrected chi connectivity index (χ4v) is 1.63. The van der Waals surface area contributed by atoms with Gasteiger partial charge in [-0.05, 0) is 36.5 Å². The summed E-state index contributed by atoms with van der Waals surface area (Å²) in [5, 5.41) is 0. The first kappa shape index (κ1) is 10.8. The van der Waals surface area contributed by atoms with E-state index in [0.29, 0.717) is 0 Å². The van der Waals surface area contributed by atoms with Crippen molar-refractivity contribution in [3.63, 3.8) is 0 Å². The number of halogens is 1. The maximum atomic E-state index is 3.44. The summed E-state index contributed by atoms with van der Waals surface area (Å²) in [5.74, 6) is 0.829. The lowest BCUT2D eigenvalue weighted by Crippen LogP contribution is -1.90. The average molecular weight is 241 g/mol. The zero-order chi connectivity index (χ0) is 9.68. The van der Waals surface area contributed by atoms with Crippen LogP contribution in [0, 0.1) is 5.92 Å². The Morgan fingerprint density at radius 3 is 2.31 bits per heavy atom. The number of rotatable bonds is 4. The Morgan fingerprint density at radius 2 is 1.77 bits per heavy atom. The third-order valence-electron chi connectivity index (χ3n) is 2.16. The molecular formula is C12H17Br. The predicted octanol–water partition coefficient (Wildman–Crippen LogP) is 4.43. The van der Waals surface area contributed by atoms with E-state index in [4.69, 9.17) is 0 Å². The lowest BCUT2D eigenvalue weighted by molar-refractivity contribution is 0.556. The van der Waals surface area contributed by atoms with Gasteiger partial charge in [-0.3, -0.25) is 0 Å². The van der Waals surface area contributed by atoms with Crippen molar-refractivity contribution in [1.29, 1.82) is 0 Å². The fraction of sp³-hybridized carbons (Fsp3) is 0.500. The normalized spacial score (nSPS) is 10.8. The number of hydrogen-bond donors (Lipinski definition) is 0. The summed E-state index contributed by atoms with van der Waals surface area (Å²) in [6, 6.07) is 8.63. The molecule has 0 aliphatic rings. The maximum Gasteiger partial charge on any atom is 0.0175 e. The first-order chi connectivity index (χ1) is 6.18. The highest BCUT2D eigenvalue weighted by molar-refractivity contribution is 9.10. The monoisotopic (exact) mass is 240 g/mol. The summed E-state index contributed by atoms with van der Waals surface area (Å²) < 4.78 is 1.17. The van der Waals surface area contributed by atoms with Gasteiger partial charge < -0.3 is 0 Å². The van der Waals surface area contributed by atoms with Crippen molar-refractivity contribution < 1.29 is 0 Å². The van der Waals surface area contributed by atoms with Gasteiger partial charge in [0.05, 0.1) is 0 Å². The molecule has 0 bridgehead atoms. The van der Waals surface area contributed by atoms with Crippen LogP contribution in [0.5, 0.6) is 0 Å². The Kier molecular flexibility index (Phi) is 4.51. The lowest BCUT2D eigenvalue weighted by atomic mass is 10.0. The molecule has 0 aromatic heterocycles. The van der Waals surface area contributed by atoms with Crippen LogP contribution < -0.4 is 0 Å². The molecule has 0 nitrogen and oxygen atoms in total. The van der Waals surface area contributed by atoms with E-state index in [0.717, 1.165) is 5.92 Å². The van der Waals surface area contributed by atoms with E-state index in [-0.39, 0.29) is 0 Å². The summed E-state index contributed by atoms with van der Waals surface area (Å²) in [4.78, 5) is 0. The van der Waals surface area contributed by atoms with Crippen molar-refractivity contribution in [2.45, 2.75) is 33.1 Å². The Bertz CT molecular complexity index is 236. The molecule has 0 saturated carbocycles. The molecule has 0 saturated heterocycles. The molecule has 13 heavy (non-hydrogen) atoms. The van der Waals surface area contributed by atoms with Gasteiger partial charge in [-0.25, -0.2) is 0 Å². The molecule has 0 aliphatic carbocycles. The molecule has 0 N–H and O–H groups in total. The van der Waals surface area contributed by atoms with Crippen LogP contribution in [-0.2, 0) is 6.42 Å². The van der Waals surface area contributed by atoms with Crippen molar-refractivity contribution in [2.24, 2.45) is 5.92 Å². The first-order valence-electron chi connectivity index (χ1n) is 4.93. The van der Waals surface area contributed by atoms with Gasteiger partial charge in [0.2, 0.25) is 0 Å². The standard InChI is InChI=1S/C12H17Br/c1-10(2)4-3-5-11-6-8-12(13)9-7-11/h6-10H,3-5H2,1-2H3. The molecule has 1 aromatic rings. The Labute approximate surface area is 89.5 Å². The maximum absolute atomic E-state index is 3.44. The second-order valence-corrected chi connectivity index (χ2v) is 4.83. The van der Waals surface area contributed by atoms with Gasteiger partial charge in [-0.1, -0.05) is 48.3 Å². The smallest absolute Gasteiger partial charge is 0.0175 e. The van der Waals surface area contributed by atoms with Crippen LogP contribution >= 0.6 is 15.9 Å². The third-order valence-corrected chi connectivity index (χ3v) is 2.69. The second kappa shape index (κ2) is 5.43. The van der Waals surface area contributed by atoms with Crippen LogP contribution in [-0.4, -0.2) is 0 Å². The molecule has 0 atom stereocenters. The van der Waals surface area contributed by atoms with Crippen molar-refractivity contribution in [1.82, 2.24) is 0 Å². The Hall–Kier alpha value is -0.300. The van der Waals surface area contributed by atoms with Gasteiger partial charge in [-0.15, -0.1) is 0 Å². The molecule has 0 heterocycles. The zero-order valence-corrected chi connectivity index (χ0v) is 9.97. The second-order valence-electron chi connectivity index (χ2n) is 3.91. The molecule has 0 aliphatic heterocycles. The number of benzene rings is 1. The van der Waals surface area contributed by atoms with Crippen LogP contribution in [0.2, 0.25) is 0 Å². The van der Waals surface area contributed by atoms with E-state index in [2.05, 4.69) is 54.0 Å². The van der Waals surface area contributed by atoms with Gasteiger partial charge in [-0.2, -0.15) is 0 Å². The van der Waals surface area contributed by atoms with Crippen LogP contribution in [0.4, 0.5) is 0 Å². The van der Waals surface area contributed by atoms with Gasteiger partial charge in [0, 0.05) is 4.47 Å². The topological polar surface area (TPSA) is 0 Å². The fourth-order valence-electron chi connectivity index (χ4n) is 1.37. The quantitative estimate of drug-likeness (QED) is 0.731. The number of hydrogen-bond acceptors (Lipinski definition) is 0. The minimum absolute atomic E-state index is 0.829. The van der Waals surface area contributed by atoms with Crippen molar-refractivity contribution in [3.8, 4) is 0 Å². The van der Waals surface area contributed by atoms with E-state index in [1.165, 1.54) is 29.3 Å². The van der Waals surface area contributed by atoms with Crippen LogP contribution in [0.3, 0.4) is 0 Å².